The van der Waals surface area contributed by atoms with Gasteiger partial charge in [0.15, 0.2) is 12.1 Å². The van der Waals surface area contributed by atoms with Crippen molar-refractivity contribution in [3.05, 3.63) is 125 Å². The Balaban J connectivity index is 1.38. The van der Waals surface area contributed by atoms with Crippen LogP contribution in [-0.4, -0.2) is 36.0 Å². The van der Waals surface area contributed by atoms with Crippen LogP contribution in [0, 0.1) is 6.92 Å². The van der Waals surface area contributed by atoms with Gasteiger partial charge in [0.2, 0.25) is 0 Å². The van der Waals surface area contributed by atoms with Crippen molar-refractivity contribution in [1.82, 2.24) is 4.90 Å². The molecule has 3 amide bonds. The van der Waals surface area contributed by atoms with Crippen LogP contribution in [0.2, 0.25) is 0 Å². The van der Waals surface area contributed by atoms with Gasteiger partial charge in [0, 0.05) is 16.9 Å². The molecule has 0 saturated carbocycles. The first-order valence-electron chi connectivity index (χ1n) is 12.9. The van der Waals surface area contributed by atoms with E-state index in [-0.39, 0.29) is 18.4 Å². The lowest BCUT2D eigenvalue weighted by Gasteiger charge is -2.24. The van der Waals surface area contributed by atoms with Crippen molar-refractivity contribution >= 4 is 29.3 Å². The van der Waals surface area contributed by atoms with E-state index in [2.05, 4.69) is 10.6 Å². The van der Waals surface area contributed by atoms with Gasteiger partial charge < -0.3 is 20.1 Å². The van der Waals surface area contributed by atoms with Crippen LogP contribution in [0.25, 0.3) is 0 Å². The second-order valence-electron chi connectivity index (χ2n) is 9.53. The average Bonchev–Trinajstić information content (AvgIpc) is 3.30. The number of carbonyl (C=O) groups excluding carboxylic acids is 3. The van der Waals surface area contributed by atoms with Crippen molar-refractivity contribution in [3.63, 3.8) is 0 Å². The first-order chi connectivity index (χ1) is 19.4. The van der Waals surface area contributed by atoms with Crippen LogP contribution < -0.4 is 15.4 Å². The Morgan fingerprint density at radius 3 is 2.25 bits per heavy atom. The SMILES string of the molecule is COc1cccc(C(=O)Nc2ccc(C3OC(=O)N(Cc4ccc(C)cc4)C3C(=O)Nc3ccccc3)cc2)c1. The van der Waals surface area contributed by atoms with E-state index in [4.69, 9.17) is 9.47 Å². The number of hydrogen-bond donors (Lipinski definition) is 2. The molecule has 0 aliphatic carbocycles. The van der Waals surface area contributed by atoms with Crippen molar-refractivity contribution in [3.8, 4) is 5.75 Å². The Kier molecular flexibility index (Phi) is 7.77. The predicted molar refractivity (Wildman–Crippen MR) is 152 cm³/mol. The summed E-state index contributed by atoms with van der Waals surface area (Å²) in [5.41, 5.74) is 4.25. The highest BCUT2D eigenvalue weighted by Gasteiger charge is 2.47. The monoisotopic (exact) mass is 535 g/mol. The summed E-state index contributed by atoms with van der Waals surface area (Å²) >= 11 is 0. The Labute approximate surface area is 232 Å². The minimum absolute atomic E-state index is 0.219. The summed E-state index contributed by atoms with van der Waals surface area (Å²) < 4.78 is 11.0. The van der Waals surface area contributed by atoms with Gasteiger partial charge >= 0.3 is 6.09 Å². The zero-order valence-corrected chi connectivity index (χ0v) is 22.2. The maximum absolute atomic E-state index is 13.6. The fraction of sp³-hybridized carbons (Fsp3) is 0.156. The molecule has 1 aliphatic heterocycles. The van der Waals surface area contributed by atoms with E-state index in [0.717, 1.165) is 11.1 Å². The van der Waals surface area contributed by atoms with E-state index in [0.29, 0.717) is 28.3 Å². The molecule has 202 valence electrons. The lowest BCUT2D eigenvalue weighted by molar-refractivity contribution is -0.121. The quantitative estimate of drug-likeness (QED) is 0.290. The second kappa shape index (κ2) is 11.7. The summed E-state index contributed by atoms with van der Waals surface area (Å²) in [7, 11) is 1.54. The number of rotatable bonds is 8. The second-order valence-corrected chi connectivity index (χ2v) is 9.53. The number of ether oxygens (including phenoxy) is 2. The summed E-state index contributed by atoms with van der Waals surface area (Å²) in [4.78, 5) is 40.8. The molecule has 1 saturated heterocycles. The van der Waals surface area contributed by atoms with Gasteiger partial charge in [-0.25, -0.2) is 4.79 Å². The molecule has 0 aromatic heterocycles. The Bertz CT molecular complexity index is 1500. The number of hydrogen-bond acceptors (Lipinski definition) is 5. The molecule has 8 heteroatoms. The van der Waals surface area contributed by atoms with Crippen LogP contribution in [0.4, 0.5) is 16.2 Å². The zero-order chi connectivity index (χ0) is 28.1. The topological polar surface area (TPSA) is 97.0 Å². The van der Waals surface area contributed by atoms with Crippen molar-refractivity contribution < 1.29 is 23.9 Å². The third-order valence-electron chi connectivity index (χ3n) is 6.70. The third kappa shape index (κ3) is 5.96. The summed E-state index contributed by atoms with van der Waals surface area (Å²) in [6, 6.07) is 29.8. The summed E-state index contributed by atoms with van der Waals surface area (Å²) in [5.74, 6) is -0.0611. The van der Waals surface area contributed by atoms with Gasteiger partial charge in [-0.1, -0.05) is 66.2 Å². The van der Waals surface area contributed by atoms with Crippen molar-refractivity contribution in [2.45, 2.75) is 25.6 Å². The van der Waals surface area contributed by atoms with E-state index in [1.54, 1.807) is 67.8 Å². The number of methoxy groups -OCH3 is 1. The highest BCUT2D eigenvalue weighted by Crippen LogP contribution is 2.35. The molecule has 0 bridgehead atoms. The summed E-state index contributed by atoms with van der Waals surface area (Å²) in [6.07, 6.45) is -1.42. The Morgan fingerprint density at radius 1 is 0.850 bits per heavy atom. The number of nitrogens with one attached hydrogen (secondary N) is 2. The number of para-hydroxylation sites is 1. The number of aryl methyl sites for hydroxylation is 1. The lowest BCUT2D eigenvalue weighted by atomic mass is 10.00. The lowest BCUT2D eigenvalue weighted by Crippen LogP contribution is -2.43. The largest absolute Gasteiger partial charge is 0.497 e. The molecule has 2 unspecified atom stereocenters. The molecule has 0 radical (unpaired) electrons. The van der Waals surface area contributed by atoms with Gasteiger partial charge in [-0.15, -0.1) is 0 Å². The molecule has 8 nitrogen and oxygen atoms in total. The smallest absolute Gasteiger partial charge is 0.411 e. The molecule has 2 atom stereocenters. The van der Waals surface area contributed by atoms with Gasteiger partial charge in [-0.05, 0) is 60.5 Å². The average molecular weight is 536 g/mol. The highest BCUT2D eigenvalue weighted by molar-refractivity contribution is 6.04. The van der Waals surface area contributed by atoms with E-state index in [1.807, 2.05) is 49.4 Å². The molecule has 4 aromatic carbocycles. The minimum Gasteiger partial charge on any atom is -0.497 e. The van der Waals surface area contributed by atoms with Crippen molar-refractivity contribution in [2.24, 2.45) is 0 Å². The molecule has 1 fully saturated rings. The van der Waals surface area contributed by atoms with Crippen LogP contribution in [0.5, 0.6) is 5.75 Å². The zero-order valence-electron chi connectivity index (χ0n) is 22.2. The number of cyclic esters (lactones) is 1. The van der Waals surface area contributed by atoms with Crippen molar-refractivity contribution in [2.75, 3.05) is 17.7 Å². The number of amides is 3. The fourth-order valence-electron chi connectivity index (χ4n) is 4.56. The number of carbonyl (C=O) groups is 3. The molecule has 0 spiro atoms. The molecule has 1 aliphatic rings. The van der Waals surface area contributed by atoms with Crippen LogP contribution in [0.1, 0.15) is 33.2 Å². The van der Waals surface area contributed by atoms with E-state index < -0.39 is 18.2 Å². The molecule has 4 aromatic rings. The first kappa shape index (κ1) is 26.5. The summed E-state index contributed by atoms with van der Waals surface area (Å²) in [6.45, 7) is 2.21. The Morgan fingerprint density at radius 2 is 1.55 bits per heavy atom. The van der Waals surface area contributed by atoms with Gasteiger partial charge in [0.05, 0.1) is 13.7 Å². The molecular formula is C32H29N3O5. The van der Waals surface area contributed by atoms with Gasteiger partial charge in [0.25, 0.3) is 11.8 Å². The normalized spacial score (nSPS) is 16.2. The number of anilines is 2. The van der Waals surface area contributed by atoms with E-state index >= 15 is 0 Å². The van der Waals surface area contributed by atoms with Crippen molar-refractivity contribution in [1.29, 1.82) is 0 Å². The van der Waals surface area contributed by atoms with Crippen LogP contribution >= 0.6 is 0 Å². The molecule has 5 rings (SSSR count). The molecule has 40 heavy (non-hydrogen) atoms. The van der Waals surface area contributed by atoms with Crippen LogP contribution in [-0.2, 0) is 16.1 Å². The molecule has 2 N–H and O–H groups in total. The van der Waals surface area contributed by atoms with Gasteiger partial charge in [0.1, 0.15) is 5.75 Å². The maximum atomic E-state index is 13.6. The minimum atomic E-state index is -0.911. The molecular weight excluding hydrogens is 506 g/mol. The maximum Gasteiger partial charge on any atom is 0.411 e. The van der Waals surface area contributed by atoms with E-state index in [1.165, 1.54) is 4.90 Å². The summed E-state index contributed by atoms with van der Waals surface area (Å²) in [5, 5.41) is 5.77. The van der Waals surface area contributed by atoms with Gasteiger partial charge in [-0.2, -0.15) is 0 Å². The standard InChI is InChI=1S/C32H29N3O5/c1-21-11-13-22(14-12-21)20-35-28(31(37)34-25-8-4-3-5-9-25)29(40-32(35)38)23-15-17-26(18-16-23)33-30(36)24-7-6-10-27(19-24)39-2/h3-19,28-29H,20H2,1-2H3,(H,33,36)(H,34,37). The molecule has 1 heterocycles. The number of benzene rings is 4. The highest BCUT2D eigenvalue weighted by atomic mass is 16.6. The van der Waals surface area contributed by atoms with E-state index in [9.17, 15) is 14.4 Å². The van der Waals surface area contributed by atoms with Crippen LogP contribution in [0.15, 0.2) is 103 Å². The van der Waals surface area contributed by atoms with Crippen LogP contribution in [0.3, 0.4) is 0 Å². The Hall–Kier alpha value is -5.11. The third-order valence-corrected chi connectivity index (χ3v) is 6.70. The fourth-order valence-corrected chi connectivity index (χ4v) is 4.56. The predicted octanol–water partition coefficient (Wildman–Crippen LogP) is 5.96. The number of nitrogens with zero attached hydrogens (tertiary/aromatic N) is 1. The first-order valence-corrected chi connectivity index (χ1v) is 12.9. The van der Waals surface area contributed by atoms with Gasteiger partial charge in [-0.3, -0.25) is 14.5 Å².